The van der Waals surface area contributed by atoms with Crippen molar-refractivity contribution >= 4 is 32.6 Å². The summed E-state index contributed by atoms with van der Waals surface area (Å²) >= 11 is 1.47. The molecule has 4 rings (SSSR count). The van der Waals surface area contributed by atoms with Gasteiger partial charge in [0.2, 0.25) is 5.76 Å². The minimum absolute atomic E-state index is 0.203. The highest BCUT2D eigenvalue weighted by atomic mass is 32.1. The molecule has 8 nitrogen and oxygen atoms in total. The summed E-state index contributed by atoms with van der Waals surface area (Å²) in [5, 5.41) is 4.28. The summed E-state index contributed by atoms with van der Waals surface area (Å²) in [5.41, 5.74) is 0.802. The first kappa shape index (κ1) is 17.9. The van der Waals surface area contributed by atoms with Gasteiger partial charge >= 0.3 is 0 Å². The van der Waals surface area contributed by atoms with Gasteiger partial charge in [0.25, 0.3) is 5.91 Å². The number of hydrogen-bond donors (Lipinski definition) is 0. The number of morpholine rings is 1. The average Bonchev–Trinajstić information content (AvgIpc) is 3.38. The first-order valence-electron chi connectivity index (χ1n) is 8.72. The summed E-state index contributed by atoms with van der Waals surface area (Å²) in [6, 6.07) is 7.28. The molecule has 0 radical (unpaired) electrons. The molecule has 1 amide bonds. The standard InChI is InChI=1S/C18H20N4O4S/c1-24-13-2-3-16-14(12-13)20-18(27-16)22(17(23)15-4-5-19-26-15)7-6-21-8-10-25-11-9-21/h2-5,12H,6-11H2,1H3. The highest BCUT2D eigenvalue weighted by Gasteiger charge is 2.25. The molecule has 1 fully saturated rings. The highest BCUT2D eigenvalue weighted by Crippen LogP contribution is 2.31. The van der Waals surface area contributed by atoms with E-state index in [1.807, 2.05) is 18.2 Å². The maximum atomic E-state index is 13.0. The zero-order valence-corrected chi connectivity index (χ0v) is 15.8. The van der Waals surface area contributed by atoms with E-state index in [4.69, 9.17) is 14.0 Å². The van der Waals surface area contributed by atoms with Crippen molar-refractivity contribution in [3.63, 3.8) is 0 Å². The van der Waals surface area contributed by atoms with Gasteiger partial charge in [0, 0.05) is 38.3 Å². The van der Waals surface area contributed by atoms with Crippen LogP contribution in [0.15, 0.2) is 35.0 Å². The van der Waals surface area contributed by atoms with E-state index < -0.39 is 0 Å². The number of ether oxygens (including phenoxy) is 2. The van der Waals surface area contributed by atoms with E-state index in [0.29, 0.717) is 11.7 Å². The van der Waals surface area contributed by atoms with Crippen molar-refractivity contribution in [2.45, 2.75) is 0 Å². The van der Waals surface area contributed by atoms with Crippen LogP contribution < -0.4 is 9.64 Å². The van der Waals surface area contributed by atoms with Crippen LogP contribution in [0.4, 0.5) is 5.13 Å². The van der Waals surface area contributed by atoms with Crippen molar-refractivity contribution in [1.29, 1.82) is 0 Å². The molecule has 0 aliphatic carbocycles. The zero-order valence-electron chi connectivity index (χ0n) is 15.0. The quantitative estimate of drug-likeness (QED) is 0.641. The Morgan fingerprint density at radius 3 is 2.93 bits per heavy atom. The van der Waals surface area contributed by atoms with Gasteiger partial charge in [-0.1, -0.05) is 16.5 Å². The summed E-state index contributed by atoms with van der Waals surface area (Å²) in [7, 11) is 1.62. The largest absolute Gasteiger partial charge is 0.497 e. The van der Waals surface area contributed by atoms with E-state index in [1.165, 1.54) is 17.5 Å². The molecule has 0 atom stereocenters. The summed E-state index contributed by atoms with van der Waals surface area (Å²) in [6.07, 6.45) is 1.47. The predicted octanol–water partition coefficient (Wildman–Crippen LogP) is 2.27. The SMILES string of the molecule is COc1ccc2sc(N(CCN3CCOCC3)C(=O)c3ccno3)nc2c1. The number of fused-ring (bicyclic) bond motifs is 1. The Kier molecular flexibility index (Phi) is 5.33. The Morgan fingerprint density at radius 1 is 1.33 bits per heavy atom. The van der Waals surface area contributed by atoms with Gasteiger partial charge in [-0.15, -0.1) is 0 Å². The third-order valence-corrected chi connectivity index (χ3v) is 5.51. The van der Waals surface area contributed by atoms with Crippen LogP contribution in [0.25, 0.3) is 10.2 Å². The van der Waals surface area contributed by atoms with Crippen molar-refractivity contribution < 1.29 is 18.8 Å². The van der Waals surface area contributed by atoms with Crippen LogP contribution in [0.5, 0.6) is 5.75 Å². The van der Waals surface area contributed by atoms with Gasteiger partial charge in [-0.3, -0.25) is 14.6 Å². The zero-order chi connectivity index (χ0) is 18.6. The molecular weight excluding hydrogens is 368 g/mol. The first-order valence-corrected chi connectivity index (χ1v) is 9.53. The molecule has 3 heterocycles. The molecule has 0 bridgehead atoms. The third-order valence-electron chi connectivity index (χ3n) is 4.45. The van der Waals surface area contributed by atoms with Crippen molar-refractivity contribution in [2.24, 2.45) is 0 Å². The van der Waals surface area contributed by atoms with E-state index >= 15 is 0 Å². The fraction of sp³-hybridized carbons (Fsp3) is 0.389. The Hall–Kier alpha value is -2.49. The normalized spacial score (nSPS) is 15.1. The lowest BCUT2D eigenvalue weighted by Crippen LogP contribution is -2.43. The van der Waals surface area contributed by atoms with Gasteiger partial charge in [0.1, 0.15) is 5.75 Å². The van der Waals surface area contributed by atoms with E-state index in [0.717, 1.165) is 48.8 Å². The molecule has 0 N–H and O–H groups in total. The molecule has 1 aromatic carbocycles. The summed E-state index contributed by atoms with van der Waals surface area (Å²) < 4.78 is 16.7. The van der Waals surface area contributed by atoms with Crippen LogP contribution in [0.2, 0.25) is 0 Å². The number of anilines is 1. The molecule has 1 saturated heterocycles. The van der Waals surface area contributed by atoms with Crippen molar-refractivity contribution in [2.75, 3.05) is 51.4 Å². The summed E-state index contributed by atoms with van der Waals surface area (Å²) in [5.74, 6) is 0.696. The minimum Gasteiger partial charge on any atom is -0.497 e. The number of rotatable bonds is 6. The fourth-order valence-electron chi connectivity index (χ4n) is 2.95. The van der Waals surface area contributed by atoms with Gasteiger partial charge in [0.05, 0.1) is 36.7 Å². The van der Waals surface area contributed by atoms with Crippen LogP contribution in [0, 0.1) is 0 Å². The molecule has 0 unspecified atom stereocenters. The van der Waals surface area contributed by atoms with Crippen LogP contribution >= 0.6 is 11.3 Å². The lowest BCUT2D eigenvalue weighted by atomic mass is 10.3. The van der Waals surface area contributed by atoms with Gasteiger partial charge in [0.15, 0.2) is 5.13 Å². The second-order valence-corrected chi connectivity index (χ2v) is 7.13. The monoisotopic (exact) mass is 388 g/mol. The number of methoxy groups -OCH3 is 1. The molecule has 142 valence electrons. The maximum absolute atomic E-state index is 13.0. The number of carbonyl (C=O) groups is 1. The van der Waals surface area contributed by atoms with E-state index in [2.05, 4.69) is 15.0 Å². The van der Waals surface area contributed by atoms with Gasteiger partial charge in [-0.2, -0.15) is 0 Å². The molecular formula is C18H20N4O4S. The molecule has 3 aromatic rings. The van der Waals surface area contributed by atoms with Gasteiger partial charge in [-0.25, -0.2) is 4.98 Å². The van der Waals surface area contributed by atoms with Crippen LogP contribution in [-0.4, -0.2) is 67.5 Å². The summed E-state index contributed by atoms with van der Waals surface area (Å²) in [6.45, 7) is 4.41. The molecule has 0 spiro atoms. The Labute approximate surface area is 160 Å². The Morgan fingerprint density at radius 2 is 2.19 bits per heavy atom. The average molecular weight is 388 g/mol. The minimum atomic E-state index is -0.244. The first-order chi connectivity index (χ1) is 13.2. The third kappa shape index (κ3) is 3.95. The van der Waals surface area contributed by atoms with Crippen LogP contribution in [0.1, 0.15) is 10.6 Å². The van der Waals surface area contributed by atoms with Crippen molar-refractivity contribution in [3.05, 3.63) is 36.2 Å². The second-order valence-electron chi connectivity index (χ2n) is 6.12. The summed E-state index contributed by atoms with van der Waals surface area (Å²) in [4.78, 5) is 21.6. The lowest BCUT2D eigenvalue weighted by Gasteiger charge is -2.28. The lowest BCUT2D eigenvalue weighted by molar-refractivity contribution is 0.0390. The fourth-order valence-corrected chi connectivity index (χ4v) is 3.92. The Bertz CT molecular complexity index is 905. The topological polar surface area (TPSA) is 80.9 Å². The number of thiazole rings is 1. The number of carbonyl (C=O) groups excluding carboxylic acids is 1. The number of benzene rings is 1. The second kappa shape index (κ2) is 8.03. The van der Waals surface area contributed by atoms with Gasteiger partial charge < -0.3 is 14.0 Å². The molecule has 1 aliphatic heterocycles. The smallest absolute Gasteiger partial charge is 0.298 e. The van der Waals surface area contributed by atoms with E-state index in [-0.39, 0.29) is 11.7 Å². The molecule has 2 aromatic heterocycles. The van der Waals surface area contributed by atoms with Gasteiger partial charge in [-0.05, 0) is 12.1 Å². The number of aromatic nitrogens is 2. The number of nitrogens with zero attached hydrogens (tertiary/aromatic N) is 4. The van der Waals surface area contributed by atoms with E-state index in [9.17, 15) is 4.79 Å². The Balaban J connectivity index is 1.61. The maximum Gasteiger partial charge on any atom is 0.298 e. The van der Waals surface area contributed by atoms with Crippen molar-refractivity contribution in [3.8, 4) is 5.75 Å². The highest BCUT2D eigenvalue weighted by molar-refractivity contribution is 7.22. The number of amides is 1. The van der Waals surface area contributed by atoms with Crippen molar-refractivity contribution in [1.82, 2.24) is 15.0 Å². The predicted molar refractivity (Wildman–Crippen MR) is 102 cm³/mol. The molecule has 9 heteroatoms. The molecule has 27 heavy (non-hydrogen) atoms. The number of hydrogen-bond acceptors (Lipinski definition) is 8. The molecule has 1 aliphatic rings. The molecule has 0 saturated carbocycles. The van der Waals surface area contributed by atoms with E-state index in [1.54, 1.807) is 18.1 Å². The van der Waals surface area contributed by atoms with Crippen LogP contribution in [-0.2, 0) is 4.74 Å². The van der Waals surface area contributed by atoms with Crippen LogP contribution in [0.3, 0.4) is 0 Å².